The van der Waals surface area contributed by atoms with E-state index in [1.165, 1.54) is 0 Å². The van der Waals surface area contributed by atoms with Crippen molar-refractivity contribution < 1.29 is 19.1 Å². The number of hydrogen-bond acceptors (Lipinski definition) is 3. The fourth-order valence-electron chi connectivity index (χ4n) is 2.03. The second-order valence-electron chi connectivity index (χ2n) is 4.89. The van der Waals surface area contributed by atoms with Crippen LogP contribution in [0.15, 0.2) is 10.5 Å². The molecule has 3 N–H and O–H groups in total. The highest BCUT2D eigenvalue weighted by molar-refractivity contribution is 5.76. The van der Waals surface area contributed by atoms with Gasteiger partial charge in [0.15, 0.2) is 0 Å². The molecular formula is C14H22N2O4. The molecule has 1 aromatic heterocycles. The molecule has 0 bridgehead atoms. The second-order valence-corrected chi connectivity index (χ2v) is 4.89. The van der Waals surface area contributed by atoms with Crippen LogP contribution in [0, 0.1) is 19.8 Å². The average Bonchev–Trinajstić information content (AvgIpc) is 2.68. The monoisotopic (exact) mass is 282 g/mol. The summed E-state index contributed by atoms with van der Waals surface area (Å²) in [6, 6.07) is 1.31. The van der Waals surface area contributed by atoms with Gasteiger partial charge in [-0.05, 0) is 33.3 Å². The molecule has 0 spiro atoms. The van der Waals surface area contributed by atoms with Gasteiger partial charge in [-0.1, -0.05) is 6.92 Å². The van der Waals surface area contributed by atoms with E-state index >= 15 is 0 Å². The third-order valence-electron chi connectivity index (χ3n) is 3.24. The molecule has 0 aromatic carbocycles. The maximum Gasteiger partial charge on any atom is 0.315 e. The van der Waals surface area contributed by atoms with Crippen LogP contribution in [0.5, 0.6) is 0 Å². The molecule has 1 rings (SSSR count). The number of aryl methyl sites for hydroxylation is 2. The minimum absolute atomic E-state index is 0.119. The minimum atomic E-state index is -0.901. The van der Waals surface area contributed by atoms with Gasteiger partial charge in [0.1, 0.15) is 11.5 Å². The van der Waals surface area contributed by atoms with Gasteiger partial charge in [-0.15, -0.1) is 0 Å². The largest absolute Gasteiger partial charge is 0.481 e. The van der Waals surface area contributed by atoms with Crippen molar-refractivity contribution in [3.05, 3.63) is 23.2 Å². The summed E-state index contributed by atoms with van der Waals surface area (Å²) < 4.78 is 5.41. The number of urea groups is 1. The molecule has 0 aliphatic rings. The van der Waals surface area contributed by atoms with Crippen LogP contribution >= 0.6 is 0 Å². The van der Waals surface area contributed by atoms with Crippen molar-refractivity contribution in [1.29, 1.82) is 0 Å². The molecule has 0 saturated carbocycles. The third kappa shape index (κ3) is 4.29. The van der Waals surface area contributed by atoms with Gasteiger partial charge in [0.05, 0.1) is 12.0 Å². The van der Waals surface area contributed by atoms with E-state index in [0.717, 1.165) is 17.1 Å². The van der Waals surface area contributed by atoms with E-state index in [4.69, 9.17) is 9.52 Å². The van der Waals surface area contributed by atoms with Crippen LogP contribution in [0.1, 0.15) is 43.4 Å². The summed E-state index contributed by atoms with van der Waals surface area (Å²) in [5, 5.41) is 14.2. The number of amides is 2. The predicted octanol–water partition coefficient (Wildman–Crippen LogP) is 2.37. The summed E-state index contributed by atoms with van der Waals surface area (Å²) in [6.45, 7) is 7.44. The molecular weight excluding hydrogens is 260 g/mol. The molecule has 0 aliphatic carbocycles. The first-order valence-electron chi connectivity index (χ1n) is 6.69. The highest BCUT2D eigenvalue weighted by atomic mass is 16.4. The quantitative estimate of drug-likeness (QED) is 0.747. The Bertz CT molecular complexity index is 482. The SMILES string of the molecule is CCC(CNC(=O)NC(C)c1cc(C)oc1C)C(=O)O. The molecule has 112 valence electrons. The Labute approximate surface area is 118 Å². The maximum absolute atomic E-state index is 11.7. The molecule has 1 heterocycles. The summed E-state index contributed by atoms with van der Waals surface area (Å²) in [5.41, 5.74) is 0.919. The number of carbonyl (C=O) groups is 2. The van der Waals surface area contributed by atoms with Crippen LogP contribution in [0.25, 0.3) is 0 Å². The van der Waals surface area contributed by atoms with E-state index in [-0.39, 0.29) is 18.6 Å². The Kier molecular flexibility index (Phi) is 5.61. The van der Waals surface area contributed by atoms with Gasteiger partial charge in [0.25, 0.3) is 0 Å². The van der Waals surface area contributed by atoms with Crippen molar-refractivity contribution in [1.82, 2.24) is 10.6 Å². The smallest absolute Gasteiger partial charge is 0.315 e. The van der Waals surface area contributed by atoms with Gasteiger partial charge in [0, 0.05) is 12.1 Å². The van der Waals surface area contributed by atoms with Gasteiger partial charge in [0.2, 0.25) is 0 Å². The summed E-state index contributed by atoms with van der Waals surface area (Å²) in [7, 11) is 0. The molecule has 6 heteroatoms. The first kappa shape index (κ1) is 16.1. The number of hydrogen-bond donors (Lipinski definition) is 3. The minimum Gasteiger partial charge on any atom is -0.481 e. The summed E-state index contributed by atoms with van der Waals surface area (Å²) >= 11 is 0. The van der Waals surface area contributed by atoms with Gasteiger partial charge in [-0.2, -0.15) is 0 Å². The molecule has 0 saturated heterocycles. The lowest BCUT2D eigenvalue weighted by atomic mass is 10.1. The van der Waals surface area contributed by atoms with Crippen LogP contribution in [-0.2, 0) is 4.79 Å². The van der Waals surface area contributed by atoms with Crippen LogP contribution in [-0.4, -0.2) is 23.7 Å². The van der Waals surface area contributed by atoms with E-state index in [1.807, 2.05) is 26.8 Å². The molecule has 2 amide bonds. The Balaban J connectivity index is 2.50. The summed E-state index contributed by atoms with van der Waals surface area (Å²) in [4.78, 5) is 22.6. The van der Waals surface area contributed by atoms with Crippen molar-refractivity contribution in [3.63, 3.8) is 0 Å². The molecule has 0 radical (unpaired) electrons. The lowest BCUT2D eigenvalue weighted by Crippen LogP contribution is -2.40. The number of nitrogens with one attached hydrogen (secondary N) is 2. The molecule has 2 atom stereocenters. The molecule has 2 unspecified atom stereocenters. The fraction of sp³-hybridized carbons (Fsp3) is 0.571. The van der Waals surface area contributed by atoms with Crippen LogP contribution in [0.2, 0.25) is 0 Å². The highest BCUT2D eigenvalue weighted by Crippen LogP contribution is 2.20. The second kappa shape index (κ2) is 6.98. The number of carboxylic acids is 1. The summed E-state index contributed by atoms with van der Waals surface area (Å²) in [5.74, 6) is 0.104. The van der Waals surface area contributed by atoms with Crippen molar-refractivity contribution in [2.75, 3.05) is 6.54 Å². The normalized spacial score (nSPS) is 13.6. The van der Waals surface area contributed by atoms with Crippen molar-refractivity contribution >= 4 is 12.0 Å². The van der Waals surface area contributed by atoms with E-state index in [2.05, 4.69) is 10.6 Å². The Morgan fingerprint density at radius 1 is 1.40 bits per heavy atom. The van der Waals surface area contributed by atoms with Gasteiger partial charge >= 0.3 is 12.0 Å². The van der Waals surface area contributed by atoms with Crippen molar-refractivity contribution in [2.24, 2.45) is 5.92 Å². The van der Waals surface area contributed by atoms with E-state index in [1.54, 1.807) is 6.92 Å². The highest BCUT2D eigenvalue weighted by Gasteiger charge is 2.18. The number of furan rings is 1. The number of carboxylic acid groups (broad SMARTS) is 1. The molecule has 0 fully saturated rings. The van der Waals surface area contributed by atoms with Gasteiger partial charge in [-0.25, -0.2) is 4.79 Å². The lowest BCUT2D eigenvalue weighted by Gasteiger charge is -2.16. The Morgan fingerprint density at radius 3 is 2.50 bits per heavy atom. The first-order valence-corrected chi connectivity index (χ1v) is 6.69. The number of aliphatic carboxylic acids is 1. The first-order chi connectivity index (χ1) is 9.35. The standard InChI is InChI=1S/C14H22N2O4/c1-5-11(13(17)18)7-15-14(19)16-9(3)12-6-8(2)20-10(12)4/h6,9,11H,5,7H2,1-4H3,(H,17,18)(H2,15,16,19). The Hall–Kier alpha value is -1.98. The molecule has 6 nitrogen and oxygen atoms in total. The molecule has 20 heavy (non-hydrogen) atoms. The van der Waals surface area contributed by atoms with Crippen LogP contribution in [0.4, 0.5) is 4.79 Å². The zero-order valence-corrected chi connectivity index (χ0v) is 12.3. The van der Waals surface area contributed by atoms with Crippen molar-refractivity contribution in [2.45, 2.75) is 40.2 Å². The average molecular weight is 282 g/mol. The number of carbonyl (C=O) groups excluding carboxylic acids is 1. The van der Waals surface area contributed by atoms with Crippen molar-refractivity contribution in [3.8, 4) is 0 Å². The van der Waals surface area contributed by atoms with Gasteiger partial charge in [-0.3, -0.25) is 4.79 Å². The lowest BCUT2D eigenvalue weighted by molar-refractivity contribution is -0.141. The molecule has 0 aliphatic heterocycles. The number of rotatable bonds is 6. The van der Waals surface area contributed by atoms with Crippen LogP contribution in [0.3, 0.4) is 0 Å². The summed E-state index contributed by atoms with van der Waals surface area (Å²) in [6.07, 6.45) is 0.477. The third-order valence-corrected chi connectivity index (χ3v) is 3.24. The van der Waals surface area contributed by atoms with Gasteiger partial charge < -0.3 is 20.2 Å². The van der Waals surface area contributed by atoms with E-state index in [9.17, 15) is 9.59 Å². The Morgan fingerprint density at radius 2 is 2.05 bits per heavy atom. The van der Waals surface area contributed by atoms with Crippen LogP contribution < -0.4 is 10.6 Å². The fourth-order valence-corrected chi connectivity index (χ4v) is 2.03. The zero-order chi connectivity index (χ0) is 15.3. The topological polar surface area (TPSA) is 91.6 Å². The predicted molar refractivity (Wildman–Crippen MR) is 74.5 cm³/mol. The van der Waals surface area contributed by atoms with E-state index < -0.39 is 11.9 Å². The molecule has 1 aromatic rings. The maximum atomic E-state index is 11.7. The van der Waals surface area contributed by atoms with E-state index in [0.29, 0.717) is 6.42 Å². The zero-order valence-electron chi connectivity index (χ0n) is 12.3.